The number of hydrogen-bond acceptors (Lipinski definition) is 4. The SMILES string of the molecule is C=CCOc1ccccc1NC(=O)CCCCCCCCC(=O)Nc1ccccc1OCC=C. The van der Waals surface area contributed by atoms with Gasteiger partial charge in [-0.2, -0.15) is 0 Å². The summed E-state index contributed by atoms with van der Waals surface area (Å²) in [5, 5.41) is 5.84. The molecule has 0 unspecified atom stereocenters. The second-order valence-corrected chi connectivity index (χ2v) is 7.91. The van der Waals surface area contributed by atoms with Gasteiger partial charge in [0.15, 0.2) is 0 Å². The van der Waals surface area contributed by atoms with Crippen molar-refractivity contribution in [2.75, 3.05) is 23.8 Å². The molecule has 0 spiro atoms. The van der Waals surface area contributed by atoms with Crippen LogP contribution in [0.25, 0.3) is 0 Å². The van der Waals surface area contributed by atoms with E-state index in [2.05, 4.69) is 23.8 Å². The molecule has 34 heavy (non-hydrogen) atoms. The van der Waals surface area contributed by atoms with Crippen molar-refractivity contribution >= 4 is 23.2 Å². The molecule has 0 aliphatic carbocycles. The number of carbonyl (C=O) groups excluding carboxylic acids is 2. The zero-order chi connectivity index (χ0) is 24.4. The van der Waals surface area contributed by atoms with Crippen molar-refractivity contribution in [3.05, 3.63) is 73.8 Å². The number of amides is 2. The highest BCUT2D eigenvalue weighted by Crippen LogP contribution is 2.25. The fraction of sp³-hybridized carbons (Fsp3) is 0.357. The number of unbranched alkanes of at least 4 members (excludes halogenated alkanes) is 5. The van der Waals surface area contributed by atoms with Gasteiger partial charge in [0.25, 0.3) is 0 Å². The lowest BCUT2D eigenvalue weighted by atomic mass is 10.1. The Hall–Kier alpha value is -3.54. The summed E-state index contributed by atoms with van der Waals surface area (Å²) in [7, 11) is 0. The van der Waals surface area contributed by atoms with Crippen molar-refractivity contribution in [2.45, 2.75) is 51.4 Å². The number of ether oxygens (including phenoxy) is 2. The minimum absolute atomic E-state index is 0.0105. The third-order valence-electron chi connectivity index (χ3n) is 5.09. The molecule has 6 heteroatoms. The molecule has 2 rings (SSSR count). The number of rotatable bonds is 17. The molecule has 0 aliphatic rings. The van der Waals surface area contributed by atoms with Crippen LogP contribution in [-0.2, 0) is 9.59 Å². The van der Waals surface area contributed by atoms with Gasteiger partial charge in [0.2, 0.25) is 11.8 Å². The topological polar surface area (TPSA) is 76.7 Å². The molecule has 2 amide bonds. The van der Waals surface area contributed by atoms with Gasteiger partial charge in [0, 0.05) is 12.8 Å². The van der Waals surface area contributed by atoms with E-state index in [1.807, 2.05) is 48.5 Å². The Bertz CT molecular complexity index is 851. The van der Waals surface area contributed by atoms with E-state index in [9.17, 15) is 9.59 Å². The van der Waals surface area contributed by atoms with Crippen LogP contribution in [0.5, 0.6) is 11.5 Å². The molecule has 2 aromatic carbocycles. The van der Waals surface area contributed by atoms with Gasteiger partial charge in [-0.05, 0) is 37.1 Å². The zero-order valence-electron chi connectivity index (χ0n) is 19.9. The van der Waals surface area contributed by atoms with Gasteiger partial charge in [-0.25, -0.2) is 0 Å². The van der Waals surface area contributed by atoms with Crippen LogP contribution in [0, 0.1) is 0 Å². The van der Waals surface area contributed by atoms with E-state index in [-0.39, 0.29) is 11.8 Å². The minimum Gasteiger partial charge on any atom is -0.487 e. The van der Waals surface area contributed by atoms with Gasteiger partial charge in [-0.3, -0.25) is 9.59 Å². The van der Waals surface area contributed by atoms with E-state index < -0.39 is 0 Å². The molecule has 0 radical (unpaired) electrons. The molecule has 0 fully saturated rings. The normalized spacial score (nSPS) is 10.2. The van der Waals surface area contributed by atoms with E-state index >= 15 is 0 Å². The largest absolute Gasteiger partial charge is 0.487 e. The summed E-state index contributed by atoms with van der Waals surface area (Å²) >= 11 is 0. The van der Waals surface area contributed by atoms with Crippen LogP contribution in [0.15, 0.2) is 73.8 Å². The van der Waals surface area contributed by atoms with Crippen molar-refractivity contribution in [1.29, 1.82) is 0 Å². The molecule has 0 saturated carbocycles. The summed E-state index contributed by atoms with van der Waals surface area (Å²) < 4.78 is 11.1. The number of nitrogens with one attached hydrogen (secondary N) is 2. The summed E-state index contributed by atoms with van der Waals surface area (Å²) in [6.45, 7) is 8.07. The first-order valence-corrected chi connectivity index (χ1v) is 11.9. The predicted octanol–water partition coefficient (Wildman–Crippen LogP) is 6.51. The Labute approximate surface area is 203 Å². The van der Waals surface area contributed by atoms with E-state index in [0.29, 0.717) is 48.9 Å². The molecular formula is C28H36N2O4. The highest BCUT2D eigenvalue weighted by molar-refractivity contribution is 5.92. The summed E-state index contributed by atoms with van der Waals surface area (Å²) in [5.74, 6) is 1.27. The van der Waals surface area contributed by atoms with Gasteiger partial charge >= 0.3 is 0 Å². The van der Waals surface area contributed by atoms with Crippen LogP contribution in [-0.4, -0.2) is 25.0 Å². The molecule has 0 aromatic heterocycles. The summed E-state index contributed by atoms with van der Waals surface area (Å²) in [6.07, 6.45) is 10.0. The smallest absolute Gasteiger partial charge is 0.224 e. The molecule has 0 saturated heterocycles. The van der Waals surface area contributed by atoms with E-state index in [1.54, 1.807) is 12.2 Å². The number of anilines is 2. The van der Waals surface area contributed by atoms with Crippen molar-refractivity contribution < 1.29 is 19.1 Å². The Balaban J connectivity index is 1.55. The molecule has 0 atom stereocenters. The zero-order valence-corrected chi connectivity index (χ0v) is 19.9. The van der Waals surface area contributed by atoms with Crippen LogP contribution in [0.3, 0.4) is 0 Å². The summed E-state index contributed by atoms with van der Waals surface area (Å²) in [4.78, 5) is 24.5. The highest BCUT2D eigenvalue weighted by Gasteiger charge is 2.08. The van der Waals surface area contributed by atoms with Crippen molar-refractivity contribution in [3.8, 4) is 11.5 Å². The van der Waals surface area contributed by atoms with Crippen LogP contribution in [0.1, 0.15) is 51.4 Å². The van der Waals surface area contributed by atoms with Crippen LogP contribution < -0.4 is 20.1 Å². The average Bonchev–Trinajstić information content (AvgIpc) is 2.84. The van der Waals surface area contributed by atoms with E-state index in [1.165, 1.54) is 0 Å². The Morgan fingerprint density at radius 2 is 1.03 bits per heavy atom. The van der Waals surface area contributed by atoms with Crippen molar-refractivity contribution in [3.63, 3.8) is 0 Å². The molecule has 0 heterocycles. The first-order chi connectivity index (χ1) is 16.6. The first kappa shape index (κ1) is 26.7. The lowest BCUT2D eigenvalue weighted by molar-refractivity contribution is -0.117. The molecule has 6 nitrogen and oxygen atoms in total. The number of carbonyl (C=O) groups is 2. The lowest BCUT2D eigenvalue weighted by Crippen LogP contribution is -2.12. The van der Waals surface area contributed by atoms with Gasteiger partial charge in [0.1, 0.15) is 24.7 Å². The number of benzene rings is 2. The average molecular weight is 465 g/mol. The molecular weight excluding hydrogens is 428 g/mol. The van der Waals surface area contributed by atoms with Crippen LogP contribution in [0.2, 0.25) is 0 Å². The van der Waals surface area contributed by atoms with Gasteiger partial charge in [0.05, 0.1) is 11.4 Å². The number of hydrogen-bond donors (Lipinski definition) is 2. The Morgan fingerprint density at radius 3 is 1.44 bits per heavy atom. The van der Waals surface area contributed by atoms with Crippen molar-refractivity contribution in [2.24, 2.45) is 0 Å². The quantitative estimate of drug-likeness (QED) is 0.207. The summed E-state index contributed by atoms with van der Waals surface area (Å²) in [5.41, 5.74) is 1.37. The highest BCUT2D eigenvalue weighted by atomic mass is 16.5. The Morgan fingerprint density at radius 1 is 0.647 bits per heavy atom. The monoisotopic (exact) mass is 464 g/mol. The second kappa shape index (κ2) is 16.1. The summed E-state index contributed by atoms with van der Waals surface area (Å²) in [6, 6.07) is 14.8. The molecule has 0 bridgehead atoms. The minimum atomic E-state index is -0.0105. The molecule has 2 aromatic rings. The fourth-order valence-electron chi connectivity index (χ4n) is 3.39. The van der Waals surface area contributed by atoms with E-state index in [0.717, 1.165) is 38.5 Å². The Kier molecular flexibility index (Phi) is 12.7. The predicted molar refractivity (Wildman–Crippen MR) is 138 cm³/mol. The molecule has 2 N–H and O–H groups in total. The molecule has 182 valence electrons. The second-order valence-electron chi connectivity index (χ2n) is 7.91. The standard InChI is InChI=1S/C28H36N2O4/c1-3-21-33-25-17-13-11-15-23(25)29-27(31)19-9-7-5-6-8-10-20-28(32)30-24-16-12-14-18-26(24)34-22-4-2/h3-4,11-18H,1-2,5-10,19-22H2,(H,29,31)(H,30,32). The van der Waals surface area contributed by atoms with E-state index in [4.69, 9.17) is 9.47 Å². The van der Waals surface area contributed by atoms with Gasteiger partial charge in [-0.1, -0.05) is 75.3 Å². The third-order valence-corrected chi connectivity index (χ3v) is 5.09. The third kappa shape index (κ3) is 10.4. The fourth-order valence-corrected chi connectivity index (χ4v) is 3.39. The first-order valence-electron chi connectivity index (χ1n) is 11.9. The maximum absolute atomic E-state index is 12.2. The van der Waals surface area contributed by atoms with Crippen LogP contribution >= 0.6 is 0 Å². The van der Waals surface area contributed by atoms with Crippen molar-refractivity contribution in [1.82, 2.24) is 0 Å². The maximum Gasteiger partial charge on any atom is 0.224 e. The lowest BCUT2D eigenvalue weighted by Gasteiger charge is -2.11. The van der Waals surface area contributed by atoms with Gasteiger partial charge < -0.3 is 20.1 Å². The van der Waals surface area contributed by atoms with Crippen LogP contribution in [0.4, 0.5) is 11.4 Å². The molecule has 0 aliphatic heterocycles. The maximum atomic E-state index is 12.2. The number of para-hydroxylation sites is 4. The van der Waals surface area contributed by atoms with Gasteiger partial charge in [-0.15, -0.1) is 0 Å².